The fraction of sp³-hybridized carbons (Fsp3) is 0.714. The van der Waals surface area contributed by atoms with Crippen LogP contribution < -0.4 is 0 Å². The fourth-order valence-electron chi connectivity index (χ4n) is 2.82. The molecule has 0 aliphatic carbocycles. The largest absolute Gasteiger partial charge is 0.480 e. The van der Waals surface area contributed by atoms with Gasteiger partial charge >= 0.3 is 5.97 Å². The minimum absolute atomic E-state index is 0.371. The van der Waals surface area contributed by atoms with Gasteiger partial charge < -0.3 is 5.11 Å². The van der Waals surface area contributed by atoms with Gasteiger partial charge in [-0.25, -0.2) is 0 Å². The van der Waals surface area contributed by atoms with Gasteiger partial charge in [0, 0.05) is 13.6 Å². The van der Waals surface area contributed by atoms with Crippen LogP contribution in [0.2, 0.25) is 0 Å². The van der Waals surface area contributed by atoms with E-state index in [1.54, 1.807) is 0 Å². The maximum atomic E-state index is 11.5. The highest BCUT2D eigenvalue weighted by atomic mass is 79.9. The summed E-state index contributed by atoms with van der Waals surface area (Å²) in [6.07, 6.45) is 4.80. The van der Waals surface area contributed by atoms with Crippen LogP contribution in [0.5, 0.6) is 0 Å². The molecule has 5 nitrogen and oxygen atoms in total. The Morgan fingerprint density at radius 3 is 2.80 bits per heavy atom. The Labute approximate surface area is 128 Å². The molecule has 0 radical (unpaired) electrons. The van der Waals surface area contributed by atoms with E-state index in [-0.39, 0.29) is 6.04 Å². The molecule has 1 atom stereocenters. The lowest BCUT2D eigenvalue weighted by atomic mass is 10.1. The van der Waals surface area contributed by atoms with E-state index < -0.39 is 5.97 Å². The SMILES string of the molecule is CCc1nn(C)c(CN2CCCCCC2C(=O)O)c1Br. The van der Waals surface area contributed by atoms with Gasteiger partial charge in [-0.1, -0.05) is 19.8 Å². The van der Waals surface area contributed by atoms with Crippen LogP contribution in [0.1, 0.15) is 44.0 Å². The Morgan fingerprint density at radius 2 is 2.20 bits per heavy atom. The maximum Gasteiger partial charge on any atom is 0.320 e. The quantitative estimate of drug-likeness (QED) is 0.912. The van der Waals surface area contributed by atoms with Crippen molar-refractivity contribution in [3.8, 4) is 0 Å². The molecule has 1 aromatic rings. The van der Waals surface area contributed by atoms with Gasteiger partial charge in [0.15, 0.2) is 0 Å². The highest BCUT2D eigenvalue weighted by molar-refractivity contribution is 9.10. The molecular formula is C14H22BrN3O2. The molecule has 6 heteroatoms. The molecule has 0 amide bonds. The van der Waals surface area contributed by atoms with Gasteiger partial charge in [0.25, 0.3) is 0 Å². The lowest BCUT2D eigenvalue weighted by Crippen LogP contribution is -2.40. The molecule has 20 heavy (non-hydrogen) atoms. The van der Waals surface area contributed by atoms with Gasteiger partial charge in [-0.15, -0.1) is 0 Å². The molecule has 1 fully saturated rings. The minimum atomic E-state index is -0.707. The van der Waals surface area contributed by atoms with E-state index in [1.807, 2.05) is 11.7 Å². The summed E-state index contributed by atoms with van der Waals surface area (Å²) < 4.78 is 2.89. The van der Waals surface area contributed by atoms with Crippen LogP contribution in [0.4, 0.5) is 0 Å². The third-order valence-corrected chi connectivity index (χ3v) is 4.92. The average molecular weight is 344 g/mol. The van der Waals surface area contributed by atoms with Crippen molar-refractivity contribution in [1.29, 1.82) is 0 Å². The third kappa shape index (κ3) is 3.23. The molecule has 0 saturated carbocycles. The van der Waals surface area contributed by atoms with Crippen molar-refractivity contribution in [2.45, 2.75) is 51.6 Å². The first-order valence-electron chi connectivity index (χ1n) is 7.21. The van der Waals surface area contributed by atoms with Gasteiger partial charge in [0.2, 0.25) is 0 Å². The van der Waals surface area contributed by atoms with Gasteiger partial charge in [-0.3, -0.25) is 14.4 Å². The minimum Gasteiger partial charge on any atom is -0.480 e. The molecule has 1 aliphatic rings. The second kappa shape index (κ2) is 6.72. The summed E-state index contributed by atoms with van der Waals surface area (Å²) >= 11 is 3.61. The van der Waals surface area contributed by atoms with E-state index >= 15 is 0 Å². The van der Waals surface area contributed by atoms with Crippen molar-refractivity contribution in [2.75, 3.05) is 6.54 Å². The van der Waals surface area contributed by atoms with Crippen LogP contribution in [0, 0.1) is 0 Å². The normalized spacial score (nSPS) is 20.9. The summed E-state index contributed by atoms with van der Waals surface area (Å²) in [7, 11) is 1.92. The summed E-state index contributed by atoms with van der Waals surface area (Å²) in [4.78, 5) is 13.5. The number of aliphatic carboxylic acids is 1. The molecule has 0 spiro atoms. The van der Waals surface area contributed by atoms with Gasteiger partial charge in [0.05, 0.1) is 15.9 Å². The van der Waals surface area contributed by atoms with Crippen molar-refractivity contribution in [3.63, 3.8) is 0 Å². The Hall–Kier alpha value is -0.880. The number of carboxylic acid groups (broad SMARTS) is 1. The average Bonchev–Trinajstić information content (AvgIpc) is 2.60. The number of aromatic nitrogens is 2. The first-order valence-corrected chi connectivity index (χ1v) is 8.01. The number of rotatable bonds is 4. The van der Waals surface area contributed by atoms with Crippen molar-refractivity contribution >= 4 is 21.9 Å². The van der Waals surface area contributed by atoms with Crippen LogP contribution in [-0.4, -0.2) is 38.3 Å². The first kappa shape index (κ1) is 15.5. The Balaban J connectivity index is 2.22. The summed E-state index contributed by atoms with van der Waals surface area (Å²) in [5, 5.41) is 13.9. The number of likely N-dealkylation sites (tertiary alicyclic amines) is 1. The van der Waals surface area contributed by atoms with E-state index in [0.717, 1.165) is 54.5 Å². The summed E-state index contributed by atoms with van der Waals surface area (Å²) in [5.41, 5.74) is 2.10. The smallest absolute Gasteiger partial charge is 0.320 e. The van der Waals surface area contributed by atoms with Crippen LogP contribution in [-0.2, 0) is 24.8 Å². The van der Waals surface area contributed by atoms with Crippen molar-refractivity contribution < 1.29 is 9.90 Å². The lowest BCUT2D eigenvalue weighted by Gasteiger charge is -2.26. The summed E-state index contributed by atoms with van der Waals surface area (Å²) in [5.74, 6) is -0.707. The molecule has 2 rings (SSSR count). The number of halogens is 1. The number of carboxylic acids is 1. The lowest BCUT2D eigenvalue weighted by molar-refractivity contribution is -0.143. The highest BCUT2D eigenvalue weighted by Crippen LogP contribution is 2.26. The zero-order valence-corrected chi connectivity index (χ0v) is 13.7. The molecule has 1 saturated heterocycles. The first-order chi connectivity index (χ1) is 9.54. The van der Waals surface area contributed by atoms with Crippen LogP contribution >= 0.6 is 15.9 Å². The molecule has 0 bridgehead atoms. The van der Waals surface area contributed by atoms with E-state index in [1.165, 1.54) is 0 Å². The number of aryl methyl sites for hydroxylation is 2. The fourth-order valence-corrected chi connectivity index (χ4v) is 3.56. The Bertz CT molecular complexity index is 487. The predicted molar refractivity (Wildman–Crippen MR) is 80.6 cm³/mol. The van der Waals surface area contributed by atoms with E-state index in [0.29, 0.717) is 6.54 Å². The zero-order chi connectivity index (χ0) is 14.7. The second-order valence-corrected chi connectivity index (χ2v) is 6.15. The number of carbonyl (C=O) groups is 1. The van der Waals surface area contributed by atoms with Crippen molar-refractivity contribution in [1.82, 2.24) is 14.7 Å². The highest BCUT2D eigenvalue weighted by Gasteiger charge is 2.28. The number of hydrogen-bond acceptors (Lipinski definition) is 3. The van der Waals surface area contributed by atoms with Crippen LogP contribution in [0.25, 0.3) is 0 Å². The summed E-state index contributed by atoms with van der Waals surface area (Å²) in [6.45, 7) is 3.56. The zero-order valence-electron chi connectivity index (χ0n) is 12.1. The molecule has 112 valence electrons. The summed E-state index contributed by atoms with van der Waals surface area (Å²) in [6, 6.07) is -0.371. The molecule has 2 heterocycles. The van der Waals surface area contributed by atoms with Crippen LogP contribution in [0.3, 0.4) is 0 Å². The Morgan fingerprint density at radius 1 is 1.45 bits per heavy atom. The van der Waals surface area contributed by atoms with Gasteiger partial charge in [0.1, 0.15) is 6.04 Å². The van der Waals surface area contributed by atoms with Crippen molar-refractivity contribution in [2.24, 2.45) is 7.05 Å². The molecule has 1 aliphatic heterocycles. The van der Waals surface area contributed by atoms with Gasteiger partial charge in [-0.05, 0) is 41.7 Å². The predicted octanol–water partition coefficient (Wildman–Crippen LogP) is 2.57. The standard InChI is InChI=1S/C14H22BrN3O2/c1-3-10-13(15)12(17(2)16-10)9-18-8-6-4-5-7-11(18)14(19)20/h11H,3-9H2,1-2H3,(H,19,20). The molecule has 1 N–H and O–H groups in total. The third-order valence-electron chi connectivity index (χ3n) is 4.00. The molecule has 1 unspecified atom stereocenters. The maximum absolute atomic E-state index is 11.5. The monoisotopic (exact) mass is 343 g/mol. The van der Waals surface area contributed by atoms with E-state index in [9.17, 15) is 9.90 Å². The van der Waals surface area contributed by atoms with Crippen LogP contribution in [0.15, 0.2) is 4.47 Å². The molecule has 1 aromatic heterocycles. The second-order valence-electron chi connectivity index (χ2n) is 5.36. The van der Waals surface area contributed by atoms with Crippen molar-refractivity contribution in [3.05, 3.63) is 15.9 Å². The topological polar surface area (TPSA) is 58.4 Å². The molecular weight excluding hydrogens is 322 g/mol. The van der Waals surface area contributed by atoms with E-state index in [2.05, 4.69) is 32.9 Å². The number of hydrogen-bond donors (Lipinski definition) is 1. The Kier molecular flexibility index (Phi) is 5.21. The molecule has 0 aromatic carbocycles. The van der Waals surface area contributed by atoms with Gasteiger partial charge in [-0.2, -0.15) is 5.10 Å². The number of nitrogens with zero attached hydrogens (tertiary/aromatic N) is 3. The van der Waals surface area contributed by atoms with E-state index in [4.69, 9.17) is 0 Å².